The summed E-state index contributed by atoms with van der Waals surface area (Å²) in [4.78, 5) is 12.9. The van der Waals surface area contributed by atoms with Gasteiger partial charge in [0.1, 0.15) is 12.3 Å². The molecule has 0 bridgehead atoms. The highest BCUT2D eigenvalue weighted by molar-refractivity contribution is 7.92. The fourth-order valence-electron chi connectivity index (χ4n) is 3.22. The number of hydrogen-bond donors (Lipinski definition) is 1. The van der Waals surface area contributed by atoms with E-state index in [1.165, 1.54) is 12.1 Å². The molecular formula is C24H25ClN2O4S. The first-order valence-corrected chi connectivity index (χ1v) is 12.0. The van der Waals surface area contributed by atoms with Crippen molar-refractivity contribution in [2.45, 2.75) is 25.3 Å². The van der Waals surface area contributed by atoms with Crippen molar-refractivity contribution in [1.82, 2.24) is 5.32 Å². The number of anilines is 1. The van der Waals surface area contributed by atoms with E-state index < -0.39 is 15.9 Å². The molecule has 3 aromatic carbocycles. The first-order valence-electron chi connectivity index (χ1n) is 10.1. The molecule has 0 aromatic heterocycles. The Morgan fingerprint density at radius 2 is 1.78 bits per heavy atom. The zero-order valence-corrected chi connectivity index (χ0v) is 19.5. The van der Waals surface area contributed by atoms with Gasteiger partial charge < -0.3 is 10.1 Å². The van der Waals surface area contributed by atoms with Crippen molar-refractivity contribution in [2.24, 2.45) is 0 Å². The molecular weight excluding hydrogens is 448 g/mol. The van der Waals surface area contributed by atoms with Crippen molar-refractivity contribution >= 4 is 33.2 Å². The molecule has 1 N–H and O–H groups in total. The van der Waals surface area contributed by atoms with Crippen LogP contribution in [0.25, 0.3) is 0 Å². The number of carbonyl (C=O) groups is 1. The molecule has 0 saturated carbocycles. The van der Waals surface area contributed by atoms with Gasteiger partial charge in [-0.2, -0.15) is 0 Å². The first-order chi connectivity index (χ1) is 15.3. The Hall–Kier alpha value is -3.03. The summed E-state index contributed by atoms with van der Waals surface area (Å²) in [7, 11) is -3.97. The van der Waals surface area contributed by atoms with Crippen molar-refractivity contribution in [3.05, 3.63) is 88.9 Å². The molecule has 1 amide bonds. The Labute approximate surface area is 193 Å². The fourth-order valence-corrected chi connectivity index (χ4v) is 4.95. The van der Waals surface area contributed by atoms with Crippen molar-refractivity contribution in [1.29, 1.82) is 0 Å². The van der Waals surface area contributed by atoms with Crippen LogP contribution in [0.2, 0.25) is 5.02 Å². The van der Waals surface area contributed by atoms with Crippen molar-refractivity contribution in [2.75, 3.05) is 17.5 Å². The molecule has 0 saturated heterocycles. The minimum atomic E-state index is -3.97. The van der Waals surface area contributed by atoms with Gasteiger partial charge in [0.2, 0.25) is 5.91 Å². The van der Waals surface area contributed by atoms with Crippen LogP contribution < -0.4 is 14.4 Å². The van der Waals surface area contributed by atoms with Crippen LogP contribution in [0.1, 0.15) is 18.1 Å². The van der Waals surface area contributed by atoms with E-state index in [0.717, 1.165) is 9.87 Å². The molecule has 0 fully saturated rings. The van der Waals surface area contributed by atoms with E-state index in [4.69, 9.17) is 16.3 Å². The van der Waals surface area contributed by atoms with Crippen molar-refractivity contribution in [3.63, 3.8) is 0 Å². The summed E-state index contributed by atoms with van der Waals surface area (Å²) < 4.78 is 33.4. The number of carbonyl (C=O) groups excluding carboxylic acids is 1. The number of aryl methyl sites for hydroxylation is 1. The normalized spacial score (nSPS) is 11.1. The molecule has 6 nitrogen and oxygen atoms in total. The average Bonchev–Trinajstić information content (AvgIpc) is 2.77. The molecule has 3 aromatic rings. The summed E-state index contributed by atoms with van der Waals surface area (Å²) in [6, 6.07) is 20.3. The number of nitrogens with one attached hydrogen (secondary N) is 1. The molecule has 0 aliphatic carbocycles. The van der Waals surface area contributed by atoms with Crippen molar-refractivity contribution < 1.29 is 17.9 Å². The Morgan fingerprint density at radius 1 is 1.03 bits per heavy atom. The highest BCUT2D eigenvalue weighted by atomic mass is 35.5. The van der Waals surface area contributed by atoms with E-state index in [1.54, 1.807) is 43.3 Å². The Balaban J connectivity index is 1.84. The van der Waals surface area contributed by atoms with E-state index in [0.29, 0.717) is 28.6 Å². The van der Waals surface area contributed by atoms with E-state index in [2.05, 4.69) is 5.32 Å². The van der Waals surface area contributed by atoms with E-state index in [-0.39, 0.29) is 18.0 Å². The largest absolute Gasteiger partial charge is 0.494 e. The predicted octanol–water partition coefficient (Wildman–Crippen LogP) is 4.56. The zero-order chi connectivity index (χ0) is 23.1. The zero-order valence-electron chi connectivity index (χ0n) is 17.9. The second kappa shape index (κ2) is 10.5. The third kappa shape index (κ3) is 5.81. The maximum absolute atomic E-state index is 13.4. The molecule has 0 spiro atoms. The fraction of sp³-hybridized carbons (Fsp3) is 0.208. The smallest absolute Gasteiger partial charge is 0.264 e. The van der Waals surface area contributed by atoms with Gasteiger partial charge in [0.15, 0.2) is 0 Å². The van der Waals surface area contributed by atoms with E-state index in [9.17, 15) is 13.2 Å². The van der Waals surface area contributed by atoms with Crippen LogP contribution >= 0.6 is 11.6 Å². The lowest BCUT2D eigenvalue weighted by atomic mass is 10.2. The summed E-state index contributed by atoms with van der Waals surface area (Å²) in [6.07, 6.45) is 0. The average molecular weight is 473 g/mol. The van der Waals surface area contributed by atoms with Crippen LogP contribution in [-0.4, -0.2) is 27.5 Å². The van der Waals surface area contributed by atoms with Gasteiger partial charge in [0, 0.05) is 11.6 Å². The highest BCUT2D eigenvalue weighted by Crippen LogP contribution is 2.28. The molecule has 0 aliphatic heterocycles. The number of amides is 1. The second-order valence-corrected chi connectivity index (χ2v) is 9.41. The molecule has 168 valence electrons. The summed E-state index contributed by atoms with van der Waals surface area (Å²) >= 11 is 6.05. The summed E-state index contributed by atoms with van der Waals surface area (Å²) in [5, 5.41) is 3.28. The lowest BCUT2D eigenvalue weighted by Crippen LogP contribution is -2.41. The van der Waals surface area contributed by atoms with Gasteiger partial charge >= 0.3 is 0 Å². The Bertz CT molecular complexity index is 1180. The lowest BCUT2D eigenvalue weighted by Gasteiger charge is -2.25. The van der Waals surface area contributed by atoms with Crippen LogP contribution in [-0.2, 0) is 21.4 Å². The number of rotatable bonds is 9. The minimum Gasteiger partial charge on any atom is -0.494 e. The van der Waals surface area contributed by atoms with E-state index >= 15 is 0 Å². The third-order valence-corrected chi connectivity index (χ3v) is 6.75. The first kappa shape index (κ1) is 23.6. The molecule has 0 aliphatic rings. The van der Waals surface area contributed by atoms with Crippen LogP contribution in [0.5, 0.6) is 5.75 Å². The topological polar surface area (TPSA) is 75.7 Å². The van der Waals surface area contributed by atoms with E-state index in [1.807, 2.05) is 31.2 Å². The number of ether oxygens (including phenoxy) is 1. The lowest BCUT2D eigenvalue weighted by molar-refractivity contribution is -0.119. The monoisotopic (exact) mass is 472 g/mol. The summed E-state index contributed by atoms with van der Waals surface area (Å²) in [5.74, 6) is 0.282. The number of benzene rings is 3. The van der Waals surface area contributed by atoms with Crippen LogP contribution in [0, 0.1) is 6.92 Å². The number of nitrogens with zero attached hydrogens (tertiary/aromatic N) is 1. The quantitative estimate of drug-likeness (QED) is 0.495. The number of sulfonamides is 1. The molecule has 0 heterocycles. The summed E-state index contributed by atoms with van der Waals surface area (Å²) in [6.45, 7) is 4.08. The molecule has 0 unspecified atom stereocenters. The van der Waals surface area contributed by atoms with Crippen LogP contribution in [0.15, 0.2) is 77.7 Å². The van der Waals surface area contributed by atoms with Gasteiger partial charge in [0.05, 0.1) is 17.2 Å². The molecule has 32 heavy (non-hydrogen) atoms. The SMILES string of the molecule is CCOc1cccc(CNC(=O)CN(c2ccc(Cl)cc2C)S(=O)(=O)c2ccccc2)c1. The van der Waals surface area contributed by atoms with Gasteiger partial charge in [0.25, 0.3) is 10.0 Å². The number of halogens is 1. The van der Waals surface area contributed by atoms with Gasteiger partial charge in [-0.1, -0.05) is 41.9 Å². The molecule has 0 atom stereocenters. The van der Waals surface area contributed by atoms with Gasteiger partial charge in [-0.05, 0) is 67.4 Å². The Kier molecular flexibility index (Phi) is 7.77. The third-order valence-electron chi connectivity index (χ3n) is 4.75. The maximum Gasteiger partial charge on any atom is 0.264 e. The van der Waals surface area contributed by atoms with Gasteiger partial charge in [-0.15, -0.1) is 0 Å². The standard InChI is InChI=1S/C24H25ClN2O4S/c1-3-31-21-9-7-8-19(15-21)16-26-24(28)17-27(23-13-12-20(25)14-18(23)2)32(29,30)22-10-5-4-6-11-22/h4-15H,3,16-17H2,1-2H3,(H,26,28). The minimum absolute atomic E-state index is 0.103. The van der Waals surface area contributed by atoms with Gasteiger partial charge in [-0.3, -0.25) is 9.10 Å². The summed E-state index contributed by atoms with van der Waals surface area (Å²) in [5.41, 5.74) is 1.89. The van der Waals surface area contributed by atoms with Crippen LogP contribution in [0.3, 0.4) is 0 Å². The Morgan fingerprint density at radius 3 is 2.47 bits per heavy atom. The molecule has 0 radical (unpaired) electrons. The van der Waals surface area contributed by atoms with Crippen molar-refractivity contribution in [3.8, 4) is 5.75 Å². The molecule has 8 heteroatoms. The van der Waals surface area contributed by atoms with Gasteiger partial charge in [-0.25, -0.2) is 8.42 Å². The molecule has 3 rings (SSSR count). The second-order valence-electron chi connectivity index (χ2n) is 7.11. The highest BCUT2D eigenvalue weighted by Gasteiger charge is 2.28. The number of hydrogen-bond acceptors (Lipinski definition) is 4. The van der Waals surface area contributed by atoms with Crippen LogP contribution in [0.4, 0.5) is 5.69 Å². The maximum atomic E-state index is 13.4. The predicted molar refractivity (Wildman–Crippen MR) is 127 cm³/mol.